The Morgan fingerprint density at radius 3 is 2.95 bits per heavy atom. The lowest BCUT2D eigenvalue weighted by Crippen LogP contribution is -2.22. The summed E-state index contributed by atoms with van der Waals surface area (Å²) in [7, 11) is 0. The van der Waals surface area contributed by atoms with E-state index in [1.807, 2.05) is 12.1 Å². The van der Waals surface area contributed by atoms with E-state index in [1.54, 1.807) is 6.07 Å². The summed E-state index contributed by atoms with van der Waals surface area (Å²) in [5, 5.41) is 0. The molecule has 0 spiro atoms. The maximum absolute atomic E-state index is 13.2. The van der Waals surface area contributed by atoms with Crippen molar-refractivity contribution in [2.24, 2.45) is 5.73 Å². The van der Waals surface area contributed by atoms with Gasteiger partial charge in [-0.05, 0) is 35.7 Å². The van der Waals surface area contributed by atoms with Gasteiger partial charge < -0.3 is 15.2 Å². The molecule has 110 valence electrons. The van der Waals surface area contributed by atoms with Crippen LogP contribution in [0.25, 0.3) is 0 Å². The number of hydrogen-bond acceptors (Lipinski definition) is 3. The molecule has 0 bridgehead atoms. The molecule has 0 radical (unpaired) electrons. The van der Waals surface area contributed by atoms with Crippen molar-refractivity contribution in [2.45, 2.75) is 19.1 Å². The fourth-order valence-corrected chi connectivity index (χ4v) is 2.63. The molecule has 1 aliphatic heterocycles. The number of nitrogens with two attached hydrogens (primary N) is 1. The number of rotatable bonds is 4. The van der Waals surface area contributed by atoms with Gasteiger partial charge >= 0.3 is 0 Å². The summed E-state index contributed by atoms with van der Waals surface area (Å²) in [4.78, 5) is 0. The highest BCUT2D eigenvalue weighted by Gasteiger charge is 2.21. The van der Waals surface area contributed by atoms with E-state index in [0.717, 1.165) is 6.42 Å². The maximum atomic E-state index is 13.2. The summed E-state index contributed by atoms with van der Waals surface area (Å²) in [6.45, 7) is 1.34. The largest absolute Gasteiger partial charge is 0.490 e. The number of hydrogen-bond donors (Lipinski definition) is 1. The van der Waals surface area contributed by atoms with Crippen molar-refractivity contribution in [2.75, 3.05) is 13.2 Å². The first-order valence-corrected chi connectivity index (χ1v) is 7.08. The van der Waals surface area contributed by atoms with Gasteiger partial charge in [-0.3, -0.25) is 0 Å². The molecule has 0 amide bonds. The average molecular weight is 287 g/mol. The molecule has 2 aromatic carbocycles. The first-order valence-electron chi connectivity index (χ1n) is 7.08. The molecule has 1 atom stereocenters. The fourth-order valence-electron chi connectivity index (χ4n) is 2.63. The fraction of sp³-hybridized carbons (Fsp3) is 0.294. The summed E-state index contributed by atoms with van der Waals surface area (Å²) in [6.07, 6.45) is 0.836. The van der Waals surface area contributed by atoms with Crippen LogP contribution in [0, 0.1) is 5.82 Å². The SMILES string of the molecule is NCc1cc(F)ccc1OCC1OCCc2ccccc21. The van der Waals surface area contributed by atoms with Gasteiger partial charge in [0.2, 0.25) is 0 Å². The molecule has 0 saturated carbocycles. The zero-order valence-electron chi connectivity index (χ0n) is 11.7. The van der Waals surface area contributed by atoms with Crippen molar-refractivity contribution < 1.29 is 13.9 Å². The molecule has 1 aliphatic rings. The first-order chi connectivity index (χ1) is 10.3. The second-order valence-electron chi connectivity index (χ2n) is 5.08. The van der Waals surface area contributed by atoms with Crippen molar-refractivity contribution in [1.29, 1.82) is 0 Å². The van der Waals surface area contributed by atoms with E-state index >= 15 is 0 Å². The highest BCUT2D eigenvalue weighted by molar-refractivity contribution is 5.35. The van der Waals surface area contributed by atoms with Crippen LogP contribution in [0.2, 0.25) is 0 Å². The Morgan fingerprint density at radius 1 is 1.24 bits per heavy atom. The number of halogens is 1. The van der Waals surface area contributed by atoms with Gasteiger partial charge in [0.1, 0.15) is 24.3 Å². The van der Waals surface area contributed by atoms with Crippen molar-refractivity contribution in [3.8, 4) is 5.75 Å². The summed E-state index contributed by atoms with van der Waals surface area (Å²) < 4.78 is 24.8. The van der Waals surface area contributed by atoms with Crippen molar-refractivity contribution in [1.82, 2.24) is 0 Å². The van der Waals surface area contributed by atoms with E-state index in [0.29, 0.717) is 24.5 Å². The third-order valence-electron chi connectivity index (χ3n) is 3.73. The Bertz CT molecular complexity index is 630. The van der Waals surface area contributed by atoms with Gasteiger partial charge in [-0.2, -0.15) is 0 Å². The highest BCUT2D eigenvalue weighted by Crippen LogP contribution is 2.28. The van der Waals surface area contributed by atoms with Crippen LogP contribution in [0.5, 0.6) is 5.75 Å². The topological polar surface area (TPSA) is 44.5 Å². The van der Waals surface area contributed by atoms with Gasteiger partial charge in [0.25, 0.3) is 0 Å². The van der Waals surface area contributed by atoms with Gasteiger partial charge in [0.05, 0.1) is 6.61 Å². The van der Waals surface area contributed by atoms with Crippen LogP contribution in [0.1, 0.15) is 22.8 Å². The van der Waals surface area contributed by atoms with Crippen LogP contribution >= 0.6 is 0 Å². The second kappa shape index (κ2) is 6.24. The average Bonchev–Trinajstić information content (AvgIpc) is 2.53. The Labute approximate surface area is 123 Å². The van der Waals surface area contributed by atoms with Gasteiger partial charge in [-0.15, -0.1) is 0 Å². The molecular formula is C17H18FNO2. The van der Waals surface area contributed by atoms with Crippen LogP contribution < -0.4 is 10.5 Å². The molecule has 3 rings (SSSR count). The van der Waals surface area contributed by atoms with E-state index in [1.165, 1.54) is 23.3 Å². The number of fused-ring (bicyclic) bond motifs is 1. The minimum atomic E-state index is -0.304. The molecule has 0 fully saturated rings. The Balaban J connectivity index is 1.74. The molecule has 21 heavy (non-hydrogen) atoms. The standard InChI is InChI=1S/C17H18FNO2/c18-14-5-6-16(13(9-14)10-19)21-11-17-15-4-2-1-3-12(15)7-8-20-17/h1-6,9,17H,7-8,10-11,19H2. The molecule has 0 saturated heterocycles. The van der Waals surface area contributed by atoms with Crippen LogP contribution in [-0.2, 0) is 17.7 Å². The van der Waals surface area contributed by atoms with E-state index < -0.39 is 0 Å². The number of benzene rings is 2. The third kappa shape index (κ3) is 3.06. The normalized spacial score (nSPS) is 17.3. The molecule has 1 heterocycles. The third-order valence-corrected chi connectivity index (χ3v) is 3.73. The zero-order chi connectivity index (χ0) is 14.7. The van der Waals surface area contributed by atoms with Crippen molar-refractivity contribution >= 4 is 0 Å². The smallest absolute Gasteiger partial charge is 0.124 e. The Morgan fingerprint density at radius 2 is 2.10 bits per heavy atom. The monoisotopic (exact) mass is 287 g/mol. The lowest BCUT2D eigenvalue weighted by Gasteiger charge is -2.26. The van der Waals surface area contributed by atoms with E-state index in [-0.39, 0.29) is 18.5 Å². The molecule has 2 aromatic rings. The molecule has 0 aliphatic carbocycles. The van der Waals surface area contributed by atoms with Gasteiger partial charge in [-0.1, -0.05) is 24.3 Å². The zero-order valence-corrected chi connectivity index (χ0v) is 11.7. The molecule has 3 nitrogen and oxygen atoms in total. The van der Waals surface area contributed by atoms with Gasteiger partial charge in [-0.25, -0.2) is 4.39 Å². The molecule has 0 aromatic heterocycles. The van der Waals surface area contributed by atoms with E-state index in [2.05, 4.69) is 12.1 Å². The molecule has 4 heteroatoms. The maximum Gasteiger partial charge on any atom is 0.124 e. The molecule has 2 N–H and O–H groups in total. The van der Waals surface area contributed by atoms with Gasteiger partial charge in [0.15, 0.2) is 0 Å². The van der Waals surface area contributed by atoms with Gasteiger partial charge in [0, 0.05) is 12.1 Å². The van der Waals surface area contributed by atoms with E-state index in [4.69, 9.17) is 15.2 Å². The quantitative estimate of drug-likeness (QED) is 0.940. The van der Waals surface area contributed by atoms with Crippen molar-refractivity contribution in [3.05, 3.63) is 65.0 Å². The Hall–Kier alpha value is -1.91. The highest BCUT2D eigenvalue weighted by atomic mass is 19.1. The molecular weight excluding hydrogens is 269 g/mol. The van der Waals surface area contributed by atoms with Crippen LogP contribution in [0.3, 0.4) is 0 Å². The lowest BCUT2D eigenvalue weighted by atomic mass is 9.98. The van der Waals surface area contributed by atoms with E-state index in [9.17, 15) is 4.39 Å². The Kier molecular flexibility index (Phi) is 4.18. The summed E-state index contributed by atoms with van der Waals surface area (Å²) >= 11 is 0. The molecule has 1 unspecified atom stereocenters. The number of ether oxygens (including phenoxy) is 2. The summed E-state index contributed by atoms with van der Waals surface area (Å²) in [5.41, 5.74) is 8.76. The predicted molar refractivity (Wildman–Crippen MR) is 78.6 cm³/mol. The minimum Gasteiger partial charge on any atom is -0.490 e. The lowest BCUT2D eigenvalue weighted by molar-refractivity contribution is 0.00998. The second-order valence-corrected chi connectivity index (χ2v) is 5.08. The summed E-state index contributed by atoms with van der Waals surface area (Å²) in [5.74, 6) is 0.313. The predicted octanol–water partition coefficient (Wildman–Crippen LogP) is 2.98. The minimum absolute atomic E-state index is 0.0920. The first kappa shape index (κ1) is 14.0. The summed E-state index contributed by atoms with van der Waals surface area (Å²) in [6, 6.07) is 12.6. The van der Waals surface area contributed by atoms with Crippen LogP contribution in [-0.4, -0.2) is 13.2 Å². The van der Waals surface area contributed by atoms with Crippen LogP contribution in [0.15, 0.2) is 42.5 Å². The van der Waals surface area contributed by atoms with Crippen LogP contribution in [0.4, 0.5) is 4.39 Å². The van der Waals surface area contributed by atoms with Crippen molar-refractivity contribution in [3.63, 3.8) is 0 Å².